The van der Waals surface area contributed by atoms with E-state index in [4.69, 9.17) is 9.47 Å². The van der Waals surface area contributed by atoms with E-state index >= 15 is 0 Å². The number of aromatic amines is 1. The van der Waals surface area contributed by atoms with Crippen molar-refractivity contribution in [3.63, 3.8) is 0 Å². The lowest BCUT2D eigenvalue weighted by Crippen LogP contribution is -2.32. The van der Waals surface area contributed by atoms with E-state index in [1.807, 2.05) is 29.2 Å². The van der Waals surface area contributed by atoms with Crippen molar-refractivity contribution in [1.82, 2.24) is 20.1 Å². The van der Waals surface area contributed by atoms with Gasteiger partial charge in [0.15, 0.2) is 11.5 Å². The van der Waals surface area contributed by atoms with Crippen molar-refractivity contribution < 1.29 is 18.7 Å². The summed E-state index contributed by atoms with van der Waals surface area (Å²) in [4.78, 5) is 19.3. The van der Waals surface area contributed by atoms with E-state index in [0.29, 0.717) is 24.2 Å². The summed E-state index contributed by atoms with van der Waals surface area (Å²) in [5, 5.41) is 7.54. The fraction of sp³-hybridized carbons (Fsp3) is 0.292. The number of rotatable bonds is 6. The van der Waals surface area contributed by atoms with Crippen LogP contribution in [0.2, 0.25) is 0 Å². The molecular formula is C24H23FN4O3S. The molecule has 1 N–H and O–H groups in total. The van der Waals surface area contributed by atoms with Crippen LogP contribution >= 0.6 is 11.8 Å². The summed E-state index contributed by atoms with van der Waals surface area (Å²) in [5.74, 6) is 2.12. The second kappa shape index (κ2) is 9.66. The van der Waals surface area contributed by atoms with Crippen molar-refractivity contribution in [2.45, 2.75) is 24.0 Å². The van der Waals surface area contributed by atoms with Gasteiger partial charge in [-0.15, -0.1) is 5.10 Å². The Bertz CT molecular complexity index is 1160. The van der Waals surface area contributed by atoms with Crippen LogP contribution in [0.5, 0.6) is 11.5 Å². The fourth-order valence-corrected chi connectivity index (χ4v) is 4.73. The highest BCUT2D eigenvalue weighted by Crippen LogP contribution is 2.38. The number of carbonyl (C=O) groups excluding carboxylic acids is 1. The summed E-state index contributed by atoms with van der Waals surface area (Å²) in [6.07, 6.45) is 5.48. The van der Waals surface area contributed by atoms with Crippen LogP contribution in [0.3, 0.4) is 0 Å². The van der Waals surface area contributed by atoms with E-state index in [1.165, 1.54) is 23.9 Å². The summed E-state index contributed by atoms with van der Waals surface area (Å²) in [7, 11) is 0. The minimum absolute atomic E-state index is 0.0373. The van der Waals surface area contributed by atoms with Gasteiger partial charge < -0.3 is 14.4 Å². The molecule has 7 nitrogen and oxygen atoms in total. The molecule has 0 spiro atoms. The van der Waals surface area contributed by atoms with E-state index in [0.717, 1.165) is 42.0 Å². The number of amides is 1. The van der Waals surface area contributed by atoms with Gasteiger partial charge in [0.25, 0.3) is 0 Å². The van der Waals surface area contributed by atoms with Gasteiger partial charge in [0, 0.05) is 6.54 Å². The van der Waals surface area contributed by atoms with E-state index in [-0.39, 0.29) is 23.5 Å². The first-order chi connectivity index (χ1) is 16.2. The Morgan fingerprint density at radius 2 is 1.97 bits per heavy atom. The highest BCUT2D eigenvalue weighted by atomic mass is 32.2. The lowest BCUT2D eigenvalue weighted by molar-refractivity contribution is -0.129. The van der Waals surface area contributed by atoms with E-state index in [1.54, 1.807) is 18.2 Å². The molecule has 1 amide bonds. The lowest BCUT2D eigenvalue weighted by atomic mass is 10.0. The molecule has 1 fully saturated rings. The number of nitrogens with zero attached hydrogens (tertiary/aromatic N) is 3. The molecule has 1 aromatic heterocycles. The average molecular weight is 467 g/mol. The van der Waals surface area contributed by atoms with Crippen LogP contribution in [-0.2, 0) is 4.79 Å². The van der Waals surface area contributed by atoms with Crippen LogP contribution in [0.25, 0.3) is 12.2 Å². The molecule has 33 heavy (non-hydrogen) atoms. The summed E-state index contributed by atoms with van der Waals surface area (Å²) >= 11 is 1.31. The topological polar surface area (TPSA) is 80.3 Å². The monoisotopic (exact) mass is 466 g/mol. The summed E-state index contributed by atoms with van der Waals surface area (Å²) in [6, 6.07) is 12.2. The number of nitrogens with one attached hydrogen (secondary N) is 1. The van der Waals surface area contributed by atoms with Gasteiger partial charge in [0.2, 0.25) is 11.1 Å². The third kappa shape index (κ3) is 5.03. The normalized spacial score (nSPS) is 17.6. The second-order valence-corrected chi connectivity index (χ2v) is 8.77. The van der Waals surface area contributed by atoms with Crippen molar-refractivity contribution in [1.29, 1.82) is 0 Å². The lowest BCUT2D eigenvalue weighted by Gasteiger charge is -2.26. The zero-order chi connectivity index (χ0) is 22.6. The van der Waals surface area contributed by atoms with Crippen LogP contribution in [0.1, 0.15) is 35.8 Å². The quantitative estimate of drug-likeness (QED) is 0.545. The van der Waals surface area contributed by atoms with Crippen molar-refractivity contribution >= 4 is 29.8 Å². The van der Waals surface area contributed by atoms with Gasteiger partial charge >= 0.3 is 0 Å². The molecule has 1 atom stereocenters. The van der Waals surface area contributed by atoms with Gasteiger partial charge in [-0.1, -0.05) is 36.0 Å². The van der Waals surface area contributed by atoms with E-state index in [9.17, 15) is 9.18 Å². The largest absolute Gasteiger partial charge is 0.486 e. The molecule has 3 aromatic rings. The van der Waals surface area contributed by atoms with Crippen molar-refractivity contribution in [3.8, 4) is 11.5 Å². The van der Waals surface area contributed by atoms with Gasteiger partial charge in [-0.2, -0.15) is 0 Å². The SMILES string of the molecule is O=C(CSc1n[nH]c(/C=C/c2ccc(F)cc2)n1)N1CCCC1c1ccc2c(c1)OCCO2. The zero-order valence-electron chi connectivity index (χ0n) is 17.9. The van der Waals surface area contributed by atoms with Crippen LogP contribution in [0, 0.1) is 5.82 Å². The predicted octanol–water partition coefficient (Wildman–Crippen LogP) is 4.34. The molecule has 1 unspecified atom stereocenters. The number of hydrogen-bond acceptors (Lipinski definition) is 6. The highest BCUT2D eigenvalue weighted by Gasteiger charge is 2.31. The smallest absolute Gasteiger partial charge is 0.233 e. The summed E-state index contributed by atoms with van der Waals surface area (Å²) < 4.78 is 24.3. The van der Waals surface area contributed by atoms with Gasteiger partial charge in [-0.05, 0) is 54.3 Å². The van der Waals surface area contributed by atoms with Crippen molar-refractivity contribution in [2.24, 2.45) is 0 Å². The molecule has 0 radical (unpaired) electrons. The Morgan fingerprint density at radius 3 is 2.82 bits per heavy atom. The molecule has 0 aliphatic carbocycles. The number of benzene rings is 2. The molecule has 1 saturated heterocycles. The van der Waals surface area contributed by atoms with Gasteiger partial charge in [0.1, 0.15) is 24.9 Å². The maximum Gasteiger partial charge on any atom is 0.233 e. The molecule has 0 bridgehead atoms. The van der Waals surface area contributed by atoms with Gasteiger partial charge in [-0.3, -0.25) is 9.89 Å². The van der Waals surface area contributed by atoms with Crippen LogP contribution in [0.15, 0.2) is 47.6 Å². The van der Waals surface area contributed by atoms with Crippen LogP contribution in [-0.4, -0.2) is 51.5 Å². The standard InChI is InChI=1S/C24H23FN4O3S/c25-18-7-3-16(4-8-18)5-10-22-26-24(28-27-22)33-15-23(30)29-11-1-2-19(29)17-6-9-20-21(14-17)32-13-12-31-20/h3-10,14,19H,1-2,11-13,15H2,(H,26,27,28)/b10-5+. The Labute approximate surface area is 195 Å². The van der Waals surface area contributed by atoms with E-state index in [2.05, 4.69) is 15.2 Å². The molecular weight excluding hydrogens is 443 g/mol. The third-order valence-corrected chi connectivity index (χ3v) is 6.47. The third-order valence-electron chi connectivity index (χ3n) is 5.63. The zero-order valence-corrected chi connectivity index (χ0v) is 18.7. The van der Waals surface area contributed by atoms with Gasteiger partial charge in [0.05, 0.1) is 11.8 Å². The first-order valence-corrected chi connectivity index (χ1v) is 11.8. The Hall–Kier alpha value is -3.33. The molecule has 170 valence electrons. The minimum atomic E-state index is -0.274. The first kappa shape index (κ1) is 21.5. The first-order valence-electron chi connectivity index (χ1n) is 10.8. The number of likely N-dealkylation sites (tertiary alicyclic amines) is 1. The summed E-state index contributed by atoms with van der Waals surface area (Å²) in [6.45, 7) is 1.83. The number of aromatic nitrogens is 3. The molecule has 2 aliphatic heterocycles. The number of H-pyrrole nitrogens is 1. The summed E-state index contributed by atoms with van der Waals surface area (Å²) in [5.41, 5.74) is 1.93. The highest BCUT2D eigenvalue weighted by molar-refractivity contribution is 7.99. The second-order valence-electron chi connectivity index (χ2n) is 7.83. The Balaban J connectivity index is 1.19. The van der Waals surface area contributed by atoms with Crippen molar-refractivity contribution in [2.75, 3.05) is 25.5 Å². The van der Waals surface area contributed by atoms with Gasteiger partial charge in [-0.25, -0.2) is 9.37 Å². The number of hydrogen-bond donors (Lipinski definition) is 1. The van der Waals surface area contributed by atoms with Crippen LogP contribution < -0.4 is 9.47 Å². The molecule has 0 saturated carbocycles. The number of thioether (sulfide) groups is 1. The molecule has 9 heteroatoms. The molecule has 2 aromatic carbocycles. The number of carbonyl (C=O) groups is 1. The maximum absolute atomic E-state index is 13.0. The maximum atomic E-state index is 13.0. The Kier molecular flexibility index (Phi) is 6.30. The predicted molar refractivity (Wildman–Crippen MR) is 124 cm³/mol. The van der Waals surface area contributed by atoms with Crippen molar-refractivity contribution in [3.05, 3.63) is 65.2 Å². The molecule has 5 rings (SSSR count). The molecule has 2 aliphatic rings. The minimum Gasteiger partial charge on any atom is -0.486 e. The molecule has 3 heterocycles. The Morgan fingerprint density at radius 1 is 1.15 bits per heavy atom. The number of halogens is 1. The average Bonchev–Trinajstić information content (AvgIpc) is 3.52. The number of fused-ring (bicyclic) bond motifs is 1. The number of ether oxygens (including phenoxy) is 2. The van der Waals surface area contributed by atoms with E-state index < -0.39 is 0 Å². The fourth-order valence-electron chi connectivity index (χ4n) is 4.03. The van der Waals surface area contributed by atoms with Crippen LogP contribution in [0.4, 0.5) is 4.39 Å².